The van der Waals surface area contributed by atoms with Crippen LogP contribution in [0.3, 0.4) is 0 Å². The molecule has 0 unspecified atom stereocenters. The lowest BCUT2D eigenvalue weighted by Crippen LogP contribution is -2.55. The fraction of sp³-hybridized carbons (Fsp3) is 0.333. The maximum absolute atomic E-state index is 13.6. The Labute approximate surface area is 181 Å². The second-order valence-electron chi connectivity index (χ2n) is 7.72. The number of likely N-dealkylation sites (tertiary alicyclic amines) is 1. The molecule has 1 fully saturated rings. The molecule has 7 heteroatoms. The minimum atomic E-state index is -1.03. The molecule has 1 aliphatic rings. The third-order valence-electron chi connectivity index (χ3n) is 5.80. The van der Waals surface area contributed by atoms with Gasteiger partial charge in [-0.1, -0.05) is 30.3 Å². The van der Waals surface area contributed by atoms with E-state index in [0.717, 1.165) is 23.5 Å². The van der Waals surface area contributed by atoms with E-state index in [4.69, 9.17) is 4.74 Å². The maximum atomic E-state index is 13.6. The average molecular weight is 418 g/mol. The van der Waals surface area contributed by atoms with Crippen LogP contribution in [0.25, 0.3) is 5.69 Å². The number of aromatic nitrogens is 3. The number of carbonyl (C=O) groups is 2. The van der Waals surface area contributed by atoms with Gasteiger partial charge in [0.15, 0.2) is 0 Å². The van der Waals surface area contributed by atoms with E-state index in [9.17, 15) is 9.59 Å². The second-order valence-corrected chi connectivity index (χ2v) is 7.72. The van der Waals surface area contributed by atoms with Crippen LogP contribution in [0.5, 0.6) is 0 Å². The van der Waals surface area contributed by atoms with Crippen molar-refractivity contribution in [2.75, 3.05) is 13.2 Å². The van der Waals surface area contributed by atoms with Crippen LogP contribution in [0.15, 0.2) is 61.1 Å². The molecule has 0 spiro atoms. The first-order valence-electron chi connectivity index (χ1n) is 10.5. The summed E-state index contributed by atoms with van der Waals surface area (Å²) in [5, 5.41) is 0. The number of carbonyl (C=O) groups excluding carboxylic acids is 2. The van der Waals surface area contributed by atoms with Crippen molar-refractivity contribution in [1.82, 2.24) is 19.4 Å². The molecule has 0 bridgehead atoms. The highest BCUT2D eigenvalue weighted by Crippen LogP contribution is 2.35. The van der Waals surface area contributed by atoms with Crippen LogP contribution >= 0.6 is 0 Å². The number of benzene rings is 1. The highest BCUT2D eigenvalue weighted by molar-refractivity contribution is 5.97. The number of imidazole rings is 1. The van der Waals surface area contributed by atoms with Gasteiger partial charge in [0.25, 0.3) is 5.91 Å². The standard InChI is InChI=1S/C24H26N4O3/c1-3-31-23(30)24(17-19-8-5-4-6-9-19)11-7-14-28(24)22(29)21-16-20(10-12-26-21)27-15-13-25-18(27)2/h4-6,8-10,12-13,15-16H,3,7,11,14,17H2,1-2H3/t24-/m0/s1. The maximum Gasteiger partial charge on any atom is 0.332 e. The molecule has 0 radical (unpaired) electrons. The number of amides is 1. The Balaban J connectivity index is 1.70. The van der Waals surface area contributed by atoms with E-state index in [1.54, 1.807) is 30.3 Å². The summed E-state index contributed by atoms with van der Waals surface area (Å²) in [7, 11) is 0. The number of hydrogen-bond acceptors (Lipinski definition) is 5. The van der Waals surface area contributed by atoms with E-state index in [1.165, 1.54) is 0 Å². The highest BCUT2D eigenvalue weighted by atomic mass is 16.5. The van der Waals surface area contributed by atoms with Crippen LogP contribution in [0.1, 0.15) is 41.6 Å². The molecule has 2 aromatic heterocycles. The molecule has 1 aromatic carbocycles. The smallest absolute Gasteiger partial charge is 0.332 e. The minimum Gasteiger partial charge on any atom is -0.464 e. The Morgan fingerprint density at radius 3 is 2.65 bits per heavy atom. The first-order chi connectivity index (χ1) is 15.0. The van der Waals surface area contributed by atoms with Gasteiger partial charge in [-0.3, -0.25) is 9.78 Å². The van der Waals surface area contributed by atoms with E-state index >= 15 is 0 Å². The van der Waals surface area contributed by atoms with Gasteiger partial charge in [-0.2, -0.15) is 0 Å². The number of pyridine rings is 1. The lowest BCUT2D eigenvalue weighted by Gasteiger charge is -2.36. The number of nitrogens with zero attached hydrogens (tertiary/aromatic N) is 4. The third-order valence-corrected chi connectivity index (χ3v) is 5.80. The molecular weight excluding hydrogens is 392 g/mol. The van der Waals surface area contributed by atoms with Crippen molar-refractivity contribution in [3.8, 4) is 5.69 Å². The number of ether oxygens (including phenoxy) is 1. The normalized spacial score (nSPS) is 18.2. The Kier molecular flexibility index (Phi) is 5.84. The van der Waals surface area contributed by atoms with Crippen molar-refractivity contribution < 1.29 is 14.3 Å². The molecule has 4 rings (SSSR count). The van der Waals surface area contributed by atoms with Crippen LogP contribution in [0.4, 0.5) is 0 Å². The Bertz CT molecular complexity index is 1080. The summed E-state index contributed by atoms with van der Waals surface area (Å²) in [4.78, 5) is 37.0. The molecule has 0 saturated carbocycles. The van der Waals surface area contributed by atoms with Gasteiger partial charge in [-0.25, -0.2) is 9.78 Å². The van der Waals surface area contributed by atoms with Crippen molar-refractivity contribution >= 4 is 11.9 Å². The summed E-state index contributed by atoms with van der Waals surface area (Å²) in [5.41, 5.74) is 1.06. The molecule has 0 aliphatic carbocycles. The van der Waals surface area contributed by atoms with Gasteiger partial charge in [-0.05, 0) is 44.4 Å². The minimum absolute atomic E-state index is 0.263. The monoisotopic (exact) mass is 418 g/mol. The number of hydrogen-bond donors (Lipinski definition) is 0. The topological polar surface area (TPSA) is 77.3 Å². The summed E-state index contributed by atoms with van der Waals surface area (Å²) < 4.78 is 7.34. The van der Waals surface area contributed by atoms with Crippen LogP contribution in [-0.4, -0.2) is 50.0 Å². The summed E-state index contributed by atoms with van der Waals surface area (Å²) in [6.07, 6.45) is 6.88. The van der Waals surface area contributed by atoms with Gasteiger partial charge in [0.2, 0.25) is 0 Å². The molecule has 3 aromatic rings. The predicted molar refractivity (Wildman–Crippen MR) is 116 cm³/mol. The number of aryl methyl sites for hydroxylation is 1. The zero-order valence-corrected chi connectivity index (χ0v) is 17.8. The zero-order valence-electron chi connectivity index (χ0n) is 17.8. The molecular formula is C24H26N4O3. The summed E-state index contributed by atoms with van der Waals surface area (Å²) >= 11 is 0. The molecule has 7 nitrogen and oxygen atoms in total. The lowest BCUT2D eigenvalue weighted by atomic mass is 9.87. The van der Waals surface area contributed by atoms with Gasteiger partial charge >= 0.3 is 5.97 Å². The van der Waals surface area contributed by atoms with Crippen LogP contribution in [0, 0.1) is 6.92 Å². The Hall–Kier alpha value is -3.48. The van der Waals surface area contributed by atoms with Gasteiger partial charge < -0.3 is 14.2 Å². The van der Waals surface area contributed by atoms with E-state index in [2.05, 4.69) is 9.97 Å². The third kappa shape index (κ3) is 3.95. The first kappa shape index (κ1) is 20.8. The Morgan fingerprint density at radius 2 is 1.94 bits per heavy atom. The average Bonchev–Trinajstić information content (AvgIpc) is 3.41. The second kappa shape index (κ2) is 8.71. The molecule has 1 amide bonds. The van der Waals surface area contributed by atoms with E-state index in [-0.39, 0.29) is 18.5 Å². The fourth-order valence-electron chi connectivity index (χ4n) is 4.32. The molecule has 31 heavy (non-hydrogen) atoms. The van der Waals surface area contributed by atoms with E-state index in [1.807, 2.05) is 54.1 Å². The summed E-state index contributed by atoms with van der Waals surface area (Å²) in [6.45, 7) is 4.44. The zero-order chi connectivity index (χ0) is 21.8. The lowest BCUT2D eigenvalue weighted by molar-refractivity contribution is -0.154. The number of esters is 1. The predicted octanol–water partition coefficient (Wildman–Crippen LogP) is 3.36. The first-order valence-corrected chi connectivity index (χ1v) is 10.5. The molecule has 1 atom stereocenters. The Morgan fingerprint density at radius 1 is 1.13 bits per heavy atom. The largest absolute Gasteiger partial charge is 0.464 e. The van der Waals surface area contributed by atoms with Crippen LogP contribution in [-0.2, 0) is 16.0 Å². The summed E-state index contributed by atoms with van der Waals surface area (Å²) in [5.74, 6) is 0.197. The molecule has 0 N–H and O–H groups in total. The molecule has 160 valence electrons. The molecule has 1 aliphatic heterocycles. The summed E-state index contributed by atoms with van der Waals surface area (Å²) in [6, 6.07) is 13.3. The van der Waals surface area contributed by atoms with E-state index in [0.29, 0.717) is 25.1 Å². The fourth-order valence-corrected chi connectivity index (χ4v) is 4.32. The van der Waals surface area contributed by atoms with Crippen molar-refractivity contribution in [1.29, 1.82) is 0 Å². The van der Waals surface area contributed by atoms with Crippen molar-refractivity contribution in [3.05, 3.63) is 78.1 Å². The van der Waals surface area contributed by atoms with Crippen molar-refractivity contribution in [2.45, 2.75) is 38.6 Å². The molecule has 3 heterocycles. The van der Waals surface area contributed by atoms with Gasteiger partial charge in [0.05, 0.1) is 12.3 Å². The SMILES string of the molecule is CCOC(=O)[C@@]1(Cc2ccccc2)CCCN1C(=O)c1cc(-n2ccnc2C)ccn1. The van der Waals surface area contributed by atoms with Gasteiger partial charge in [0.1, 0.15) is 17.1 Å². The van der Waals surface area contributed by atoms with Crippen LogP contribution < -0.4 is 0 Å². The van der Waals surface area contributed by atoms with Gasteiger partial charge in [0, 0.05) is 31.6 Å². The van der Waals surface area contributed by atoms with E-state index < -0.39 is 5.54 Å². The number of rotatable bonds is 6. The van der Waals surface area contributed by atoms with Gasteiger partial charge in [-0.15, -0.1) is 0 Å². The van der Waals surface area contributed by atoms with Crippen molar-refractivity contribution in [2.24, 2.45) is 0 Å². The quantitative estimate of drug-likeness (QED) is 0.574. The van der Waals surface area contributed by atoms with Crippen molar-refractivity contribution in [3.63, 3.8) is 0 Å². The van der Waals surface area contributed by atoms with Crippen LogP contribution in [0.2, 0.25) is 0 Å². The molecule has 1 saturated heterocycles. The highest BCUT2D eigenvalue weighted by Gasteiger charge is 2.51.